The molecule has 2 aromatic rings. The van der Waals surface area contributed by atoms with Crippen LogP contribution in [0.25, 0.3) is 0 Å². The third-order valence-electron chi connectivity index (χ3n) is 3.17. The first-order chi connectivity index (χ1) is 9.92. The number of rotatable bonds is 4. The minimum absolute atomic E-state index is 0.208. The number of aryl methyl sites for hydroxylation is 2. The number of nitrogens with two attached hydrogens (primary N) is 1. The average Bonchev–Trinajstić information content (AvgIpc) is 2.78. The van der Waals surface area contributed by atoms with Gasteiger partial charge in [0.1, 0.15) is 23.4 Å². The number of nitrogen functional groups attached to an aromatic ring is 1. The Bertz CT molecular complexity index is 665. The molecule has 0 aliphatic carbocycles. The van der Waals surface area contributed by atoms with E-state index in [9.17, 15) is 4.79 Å². The summed E-state index contributed by atoms with van der Waals surface area (Å²) >= 11 is 0. The van der Waals surface area contributed by atoms with Crippen LogP contribution >= 0.6 is 0 Å². The first kappa shape index (κ1) is 14.8. The van der Waals surface area contributed by atoms with E-state index in [2.05, 4.69) is 15.4 Å². The second kappa shape index (κ2) is 5.82. The molecule has 7 nitrogen and oxygen atoms in total. The molecule has 0 radical (unpaired) electrons. The molecule has 0 spiro atoms. The van der Waals surface area contributed by atoms with Crippen molar-refractivity contribution >= 4 is 17.3 Å². The standard InChI is InChI=1S/C14H19N5O2/c1-8(19-10(3)16-9(2)18-19)14(20)17-13-6-5-11(21-4)7-12(13)15/h5-8H,15H2,1-4H3,(H,17,20). The summed E-state index contributed by atoms with van der Waals surface area (Å²) in [5.41, 5.74) is 6.88. The van der Waals surface area contributed by atoms with Crippen LogP contribution in [0, 0.1) is 13.8 Å². The molecule has 2 rings (SSSR count). The lowest BCUT2D eigenvalue weighted by atomic mass is 10.2. The fourth-order valence-corrected chi connectivity index (χ4v) is 2.03. The van der Waals surface area contributed by atoms with Crippen molar-refractivity contribution in [1.82, 2.24) is 14.8 Å². The largest absolute Gasteiger partial charge is 0.497 e. The Balaban J connectivity index is 2.16. The van der Waals surface area contributed by atoms with E-state index in [0.29, 0.717) is 28.8 Å². The van der Waals surface area contributed by atoms with Crippen molar-refractivity contribution in [2.24, 2.45) is 0 Å². The summed E-state index contributed by atoms with van der Waals surface area (Å²) in [7, 11) is 1.56. The number of hydrogen-bond donors (Lipinski definition) is 2. The van der Waals surface area contributed by atoms with Gasteiger partial charge in [-0.25, -0.2) is 9.67 Å². The highest BCUT2D eigenvalue weighted by atomic mass is 16.5. The van der Waals surface area contributed by atoms with Gasteiger partial charge in [-0.1, -0.05) is 0 Å². The molecule has 0 aliphatic rings. The Morgan fingerprint density at radius 3 is 2.67 bits per heavy atom. The molecule has 1 aromatic carbocycles. The predicted octanol–water partition coefficient (Wildman–Crippen LogP) is 1.69. The zero-order valence-electron chi connectivity index (χ0n) is 12.5. The van der Waals surface area contributed by atoms with Crippen molar-refractivity contribution in [3.63, 3.8) is 0 Å². The molecular weight excluding hydrogens is 270 g/mol. The zero-order valence-corrected chi connectivity index (χ0v) is 12.5. The monoisotopic (exact) mass is 289 g/mol. The molecule has 1 heterocycles. The Hall–Kier alpha value is -2.57. The molecule has 0 bridgehead atoms. The Labute approximate surface area is 123 Å². The Morgan fingerprint density at radius 2 is 2.14 bits per heavy atom. The first-order valence-electron chi connectivity index (χ1n) is 6.56. The van der Waals surface area contributed by atoms with Gasteiger partial charge in [0.25, 0.3) is 0 Å². The van der Waals surface area contributed by atoms with Crippen LogP contribution in [0.4, 0.5) is 11.4 Å². The van der Waals surface area contributed by atoms with E-state index in [-0.39, 0.29) is 5.91 Å². The quantitative estimate of drug-likeness (QED) is 0.835. The lowest BCUT2D eigenvalue weighted by molar-refractivity contribution is -0.119. The maximum absolute atomic E-state index is 12.3. The van der Waals surface area contributed by atoms with Crippen molar-refractivity contribution in [2.75, 3.05) is 18.2 Å². The third kappa shape index (κ3) is 3.13. The minimum atomic E-state index is -0.479. The van der Waals surface area contributed by atoms with Crippen molar-refractivity contribution in [1.29, 1.82) is 0 Å². The molecule has 0 aliphatic heterocycles. The highest BCUT2D eigenvalue weighted by molar-refractivity contribution is 5.96. The van der Waals surface area contributed by atoms with Crippen molar-refractivity contribution in [3.05, 3.63) is 29.8 Å². The van der Waals surface area contributed by atoms with Crippen LogP contribution in [-0.4, -0.2) is 27.8 Å². The molecule has 112 valence electrons. The van der Waals surface area contributed by atoms with E-state index in [1.807, 2.05) is 6.92 Å². The van der Waals surface area contributed by atoms with E-state index < -0.39 is 6.04 Å². The number of anilines is 2. The van der Waals surface area contributed by atoms with Crippen LogP contribution in [0.5, 0.6) is 5.75 Å². The highest BCUT2D eigenvalue weighted by Gasteiger charge is 2.19. The van der Waals surface area contributed by atoms with Crippen LogP contribution < -0.4 is 15.8 Å². The number of carbonyl (C=O) groups excluding carboxylic acids is 1. The van der Waals surface area contributed by atoms with Gasteiger partial charge in [-0.05, 0) is 32.9 Å². The second-order valence-electron chi connectivity index (χ2n) is 4.77. The molecule has 3 N–H and O–H groups in total. The second-order valence-corrected chi connectivity index (χ2v) is 4.77. The van der Waals surface area contributed by atoms with E-state index in [0.717, 1.165) is 0 Å². The number of methoxy groups -OCH3 is 1. The maximum atomic E-state index is 12.3. The van der Waals surface area contributed by atoms with Crippen molar-refractivity contribution < 1.29 is 9.53 Å². The van der Waals surface area contributed by atoms with Gasteiger partial charge in [-0.15, -0.1) is 0 Å². The van der Waals surface area contributed by atoms with E-state index in [1.54, 1.807) is 43.8 Å². The van der Waals surface area contributed by atoms with Gasteiger partial charge in [0.05, 0.1) is 18.5 Å². The van der Waals surface area contributed by atoms with Crippen molar-refractivity contribution in [2.45, 2.75) is 26.8 Å². The molecule has 0 saturated carbocycles. The third-order valence-corrected chi connectivity index (χ3v) is 3.17. The lowest BCUT2D eigenvalue weighted by Gasteiger charge is -2.15. The zero-order chi connectivity index (χ0) is 15.6. The van der Waals surface area contributed by atoms with E-state index >= 15 is 0 Å². The molecule has 1 amide bonds. The van der Waals surface area contributed by atoms with Gasteiger partial charge in [0.2, 0.25) is 5.91 Å². The number of aromatic nitrogens is 3. The fraction of sp³-hybridized carbons (Fsp3) is 0.357. The summed E-state index contributed by atoms with van der Waals surface area (Å²) < 4.78 is 6.66. The molecule has 0 fully saturated rings. The Kier molecular flexibility index (Phi) is 4.11. The smallest absolute Gasteiger partial charge is 0.249 e. The summed E-state index contributed by atoms with van der Waals surface area (Å²) in [5, 5.41) is 7.00. The van der Waals surface area contributed by atoms with Gasteiger partial charge < -0.3 is 15.8 Å². The average molecular weight is 289 g/mol. The predicted molar refractivity (Wildman–Crippen MR) is 80.2 cm³/mol. The highest BCUT2D eigenvalue weighted by Crippen LogP contribution is 2.25. The number of nitrogens with one attached hydrogen (secondary N) is 1. The van der Waals surface area contributed by atoms with Crippen LogP contribution in [0.3, 0.4) is 0 Å². The van der Waals surface area contributed by atoms with E-state index in [1.165, 1.54) is 0 Å². The summed E-state index contributed by atoms with van der Waals surface area (Å²) in [4.78, 5) is 16.5. The number of amides is 1. The van der Waals surface area contributed by atoms with Crippen LogP contribution in [0.1, 0.15) is 24.6 Å². The molecule has 1 unspecified atom stereocenters. The van der Waals surface area contributed by atoms with Crippen LogP contribution in [0.2, 0.25) is 0 Å². The molecule has 1 aromatic heterocycles. The molecule has 7 heteroatoms. The summed E-state index contributed by atoms with van der Waals surface area (Å²) in [6.07, 6.45) is 0. The number of ether oxygens (including phenoxy) is 1. The van der Waals surface area contributed by atoms with Crippen molar-refractivity contribution in [3.8, 4) is 5.75 Å². The number of carbonyl (C=O) groups is 1. The summed E-state index contributed by atoms with van der Waals surface area (Å²) in [6, 6.07) is 4.62. The Morgan fingerprint density at radius 1 is 1.43 bits per heavy atom. The number of nitrogens with zero attached hydrogens (tertiary/aromatic N) is 3. The normalized spacial score (nSPS) is 12.0. The SMILES string of the molecule is COc1ccc(NC(=O)C(C)n2nc(C)nc2C)c(N)c1. The first-order valence-corrected chi connectivity index (χ1v) is 6.56. The molecule has 1 atom stereocenters. The summed E-state index contributed by atoms with van der Waals surface area (Å²) in [5.74, 6) is 1.76. The van der Waals surface area contributed by atoms with Crippen LogP contribution in [0.15, 0.2) is 18.2 Å². The fourth-order valence-electron chi connectivity index (χ4n) is 2.03. The molecule has 21 heavy (non-hydrogen) atoms. The molecule has 0 saturated heterocycles. The topological polar surface area (TPSA) is 95.1 Å². The minimum Gasteiger partial charge on any atom is -0.497 e. The maximum Gasteiger partial charge on any atom is 0.249 e. The molecular formula is C14H19N5O2. The van der Waals surface area contributed by atoms with E-state index in [4.69, 9.17) is 10.5 Å². The van der Waals surface area contributed by atoms with Gasteiger partial charge >= 0.3 is 0 Å². The lowest BCUT2D eigenvalue weighted by Crippen LogP contribution is -2.25. The van der Waals surface area contributed by atoms with Crippen LogP contribution in [-0.2, 0) is 4.79 Å². The number of benzene rings is 1. The number of hydrogen-bond acceptors (Lipinski definition) is 5. The van der Waals surface area contributed by atoms with Gasteiger partial charge in [-0.2, -0.15) is 5.10 Å². The van der Waals surface area contributed by atoms with Gasteiger partial charge in [0.15, 0.2) is 0 Å². The summed E-state index contributed by atoms with van der Waals surface area (Å²) in [6.45, 7) is 5.36. The van der Waals surface area contributed by atoms with Gasteiger partial charge in [-0.3, -0.25) is 4.79 Å². The van der Waals surface area contributed by atoms with Gasteiger partial charge in [0, 0.05) is 6.07 Å².